The third-order valence-corrected chi connectivity index (χ3v) is 2.92. The van der Waals surface area contributed by atoms with Gasteiger partial charge in [-0.05, 0) is 25.0 Å². The van der Waals surface area contributed by atoms with Crippen molar-refractivity contribution in [2.24, 2.45) is 5.73 Å². The molecule has 2 nitrogen and oxygen atoms in total. The lowest BCUT2D eigenvalue weighted by Crippen LogP contribution is -2.39. The Balaban J connectivity index is 0.000000980. The molecule has 0 amide bonds. The highest BCUT2D eigenvalue weighted by molar-refractivity contribution is 5.85. The van der Waals surface area contributed by atoms with E-state index in [9.17, 15) is 0 Å². The van der Waals surface area contributed by atoms with Crippen molar-refractivity contribution >= 4 is 24.8 Å². The lowest BCUT2D eigenvalue weighted by molar-refractivity contribution is 0.295. The van der Waals surface area contributed by atoms with Crippen molar-refractivity contribution in [1.29, 1.82) is 0 Å². The molecule has 0 saturated heterocycles. The summed E-state index contributed by atoms with van der Waals surface area (Å²) in [5.74, 6) is 0. The van der Waals surface area contributed by atoms with Gasteiger partial charge in [-0.1, -0.05) is 25.3 Å². The van der Waals surface area contributed by atoms with Crippen LogP contribution in [0.5, 0.6) is 0 Å². The van der Waals surface area contributed by atoms with Crippen LogP contribution in [0.3, 0.4) is 0 Å². The van der Waals surface area contributed by atoms with E-state index in [1.807, 2.05) is 24.4 Å². The molecule has 15 heavy (non-hydrogen) atoms. The second-order valence-electron chi connectivity index (χ2n) is 3.93. The van der Waals surface area contributed by atoms with Crippen LogP contribution in [0.4, 0.5) is 0 Å². The minimum atomic E-state index is -0.139. The summed E-state index contributed by atoms with van der Waals surface area (Å²) in [6.07, 6.45) is 7.82. The molecule has 4 heteroatoms. The number of hydrogen-bond donors (Lipinski definition) is 1. The molecule has 86 valence electrons. The third kappa shape index (κ3) is 3.33. The van der Waals surface area contributed by atoms with Gasteiger partial charge < -0.3 is 5.73 Å². The van der Waals surface area contributed by atoms with E-state index in [2.05, 4.69) is 4.98 Å². The first-order valence-electron chi connectivity index (χ1n) is 5.02. The molecule has 1 aromatic heterocycles. The first-order valence-corrected chi connectivity index (χ1v) is 5.02. The smallest absolute Gasteiger partial charge is 0.0602 e. The zero-order chi connectivity index (χ0) is 9.15. The summed E-state index contributed by atoms with van der Waals surface area (Å²) >= 11 is 0. The van der Waals surface area contributed by atoms with Crippen LogP contribution in [-0.4, -0.2) is 4.98 Å². The van der Waals surface area contributed by atoms with Crippen molar-refractivity contribution < 1.29 is 0 Å². The maximum atomic E-state index is 6.32. The van der Waals surface area contributed by atoms with Crippen LogP contribution >= 0.6 is 24.8 Å². The van der Waals surface area contributed by atoms with E-state index < -0.39 is 0 Å². The van der Waals surface area contributed by atoms with Crippen molar-refractivity contribution in [3.63, 3.8) is 0 Å². The molecule has 1 aromatic rings. The van der Waals surface area contributed by atoms with Gasteiger partial charge in [0.2, 0.25) is 0 Å². The molecule has 1 aliphatic rings. The third-order valence-electron chi connectivity index (χ3n) is 2.92. The Bertz CT molecular complexity index is 271. The monoisotopic (exact) mass is 248 g/mol. The summed E-state index contributed by atoms with van der Waals surface area (Å²) in [5, 5.41) is 0. The summed E-state index contributed by atoms with van der Waals surface area (Å²) in [5.41, 5.74) is 7.24. The van der Waals surface area contributed by atoms with Crippen molar-refractivity contribution in [3.05, 3.63) is 30.1 Å². The number of hydrogen-bond acceptors (Lipinski definition) is 2. The fraction of sp³-hybridized carbons (Fsp3) is 0.545. The van der Waals surface area contributed by atoms with E-state index in [0.717, 1.165) is 18.5 Å². The number of nitrogens with zero attached hydrogens (tertiary/aromatic N) is 1. The topological polar surface area (TPSA) is 38.9 Å². The molecule has 2 rings (SSSR count). The van der Waals surface area contributed by atoms with Crippen LogP contribution in [0.2, 0.25) is 0 Å². The van der Waals surface area contributed by atoms with Crippen LogP contribution in [0.25, 0.3) is 0 Å². The van der Waals surface area contributed by atoms with Crippen LogP contribution in [0.1, 0.15) is 37.8 Å². The number of halogens is 2. The Morgan fingerprint density at radius 3 is 2.27 bits per heavy atom. The standard InChI is InChI=1S/C11H16N2.2ClH/c12-11(7-3-1-4-8-11)10-6-2-5-9-13-10;;/h2,5-6,9H,1,3-4,7-8,12H2;2*1H. The highest BCUT2D eigenvalue weighted by atomic mass is 35.5. The second-order valence-corrected chi connectivity index (χ2v) is 3.93. The van der Waals surface area contributed by atoms with Gasteiger partial charge in [0.15, 0.2) is 0 Å². The lowest BCUT2D eigenvalue weighted by atomic mass is 9.80. The summed E-state index contributed by atoms with van der Waals surface area (Å²) < 4.78 is 0. The van der Waals surface area contributed by atoms with Crippen molar-refractivity contribution in [2.75, 3.05) is 0 Å². The van der Waals surface area contributed by atoms with Gasteiger partial charge in [-0.25, -0.2) is 0 Å². The van der Waals surface area contributed by atoms with Gasteiger partial charge in [0.25, 0.3) is 0 Å². The van der Waals surface area contributed by atoms with E-state index >= 15 is 0 Å². The first-order chi connectivity index (χ1) is 6.31. The van der Waals surface area contributed by atoms with E-state index in [-0.39, 0.29) is 30.4 Å². The van der Waals surface area contributed by atoms with Crippen LogP contribution in [0, 0.1) is 0 Å². The van der Waals surface area contributed by atoms with Gasteiger partial charge in [0, 0.05) is 6.20 Å². The summed E-state index contributed by atoms with van der Waals surface area (Å²) in [7, 11) is 0. The van der Waals surface area contributed by atoms with Crippen LogP contribution < -0.4 is 5.73 Å². The van der Waals surface area contributed by atoms with Gasteiger partial charge in [-0.2, -0.15) is 0 Å². The summed E-state index contributed by atoms with van der Waals surface area (Å²) in [4.78, 5) is 4.35. The predicted molar refractivity (Wildman–Crippen MR) is 67.7 cm³/mol. The lowest BCUT2D eigenvalue weighted by Gasteiger charge is -2.32. The molecule has 0 aliphatic heterocycles. The van der Waals surface area contributed by atoms with Crippen LogP contribution in [0.15, 0.2) is 24.4 Å². The Kier molecular flexibility index (Phi) is 6.18. The molecule has 0 atom stereocenters. The maximum Gasteiger partial charge on any atom is 0.0602 e. The molecule has 0 radical (unpaired) electrons. The molecule has 1 saturated carbocycles. The molecule has 1 aliphatic carbocycles. The molecule has 2 N–H and O–H groups in total. The molecule has 0 spiro atoms. The fourth-order valence-electron chi connectivity index (χ4n) is 2.10. The van der Waals surface area contributed by atoms with Crippen molar-refractivity contribution in [1.82, 2.24) is 4.98 Å². The molecular weight excluding hydrogens is 231 g/mol. The van der Waals surface area contributed by atoms with E-state index in [0.29, 0.717) is 0 Å². The van der Waals surface area contributed by atoms with Crippen molar-refractivity contribution in [3.8, 4) is 0 Å². The van der Waals surface area contributed by atoms with Crippen molar-refractivity contribution in [2.45, 2.75) is 37.6 Å². The molecule has 0 unspecified atom stereocenters. The van der Waals surface area contributed by atoms with E-state index in [1.165, 1.54) is 19.3 Å². The number of pyridine rings is 1. The SMILES string of the molecule is Cl.Cl.NC1(c2ccccn2)CCCCC1. The summed E-state index contributed by atoms with van der Waals surface area (Å²) in [6, 6.07) is 6.01. The zero-order valence-electron chi connectivity index (χ0n) is 8.69. The Hall–Kier alpha value is -0.310. The first kappa shape index (κ1) is 14.7. The number of rotatable bonds is 1. The second kappa shape index (κ2) is 6.31. The van der Waals surface area contributed by atoms with E-state index in [4.69, 9.17) is 5.73 Å². The minimum absolute atomic E-state index is 0. The van der Waals surface area contributed by atoms with Gasteiger partial charge in [-0.15, -0.1) is 24.8 Å². The Labute approximate surface area is 103 Å². The largest absolute Gasteiger partial charge is 0.320 e. The van der Waals surface area contributed by atoms with Gasteiger partial charge >= 0.3 is 0 Å². The normalized spacial score (nSPS) is 18.5. The van der Waals surface area contributed by atoms with E-state index in [1.54, 1.807) is 0 Å². The van der Waals surface area contributed by atoms with Gasteiger partial charge in [0.1, 0.15) is 0 Å². The minimum Gasteiger partial charge on any atom is -0.320 e. The highest BCUT2D eigenvalue weighted by Crippen LogP contribution is 2.33. The Morgan fingerprint density at radius 1 is 1.07 bits per heavy atom. The molecule has 1 fully saturated rings. The molecule has 0 bridgehead atoms. The number of nitrogens with two attached hydrogens (primary N) is 1. The maximum absolute atomic E-state index is 6.32. The summed E-state index contributed by atoms with van der Waals surface area (Å²) in [6.45, 7) is 0. The molecule has 1 heterocycles. The zero-order valence-corrected chi connectivity index (χ0v) is 10.3. The quantitative estimate of drug-likeness (QED) is 0.830. The highest BCUT2D eigenvalue weighted by Gasteiger charge is 2.30. The van der Waals surface area contributed by atoms with Gasteiger partial charge in [-0.3, -0.25) is 4.98 Å². The fourth-order valence-corrected chi connectivity index (χ4v) is 2.10. The average Bonchev–Trinajstić information content (AvgIpc) is 2.20. The molecule has 0 aromatic carbocycles. The predicted octanol–water partition coefficient (Wildman–Crippen LogP) is 3.04. The molecular formula is C11H18Cl2N2. The van der Waals surface area contributed by atoms with Gasteiger partial charge in [0.05, 0.1) is 11.2 Å². The number of aromatic nitrogens is 1. The average molecular weight is 249 g/mol. The van der Waals surface area contributed by atoms with Crippen LogP contribution in [-0.2, 0) is 5.54 Å². The Morgan fingerprint density at radius 2 is 1.73 bits per heavy atom.